The van der Waals surface area contributed by atoms with Gasteiger partial charge in [-0.3, -0.25) is 9.48 Å². The highest BCUT2D eigenvalue weighted by Gasteiger charge is 2.20. The van der Waals surface area contributed by atoms with Gasteiger partial charge in [0.2, 0.25) is 0 Å². The topological polar surface area (TPSA) is 72.3 Å². The van der Waals surface area contributed by atoms with Crippen molar-refractivity contribution in [3.8, 4) is 0 Å². The second-order valence-corrected chi connectivity index (χ2v) is 6.24. The lowest BCUT2D eigenvalue weighted by atomic mass is 9.99. The highest BCUT2D eigenvalue weighted by Crippen LogP contribution is 2.26. The number of nitrogens with one attached hydrogen (secondary N) is 1. The van der Waals surface area contributed by atoms with Crippen LogP contribution in [0.25, 0.3) is 0 Å². The van der Waals surface area contributed by atoms with E-state index >= 15 is 0 Å². The lowest BCUT2D eigenvalue weighted by molar-refractivity contribution is 0.0791. The van der Waals surface area contributed by atoms with Gasteiger partial charge in [0.05, 0.1) is 24.2 Å². The minimum absolute atomic E-state index is 0.241. The predicted octanol–water partition coefficient (Wildman–Crippen LogP) is 2.03. The first-order valence-corrected chi connectivity index (χ1v) is 8.11. The van der Waals surface area contributed by atoms with E-state index in [1.54, 1.807) is 16.9 Å². The summed E-state index contributed by atoms with van der Waals surface area (Å²) in [6.45, 7) is 1.51. The lowest BCUT2D eigenvalue weighted by Gasteiger charge is -2.19. The molecule has 1 amide bonds. The monoisotopic (exact) mass is 329 g/mol. The summed E-state index contributed by atoms with van der Waals surface area (Å²) in [5.74, 6) is 0.724. The Morgan fingerprint density at radius 3 is 2.88 bits per heavy atom. The molecule has 1 aliphatic heterocycles. The van der Waals surface area contributed by atoms with Gasteiger partial charge in [-0.1, -0.05) is 0 Å². The van der Waals surface area contributed by atoms with Crippen LogP contribution in [0.1, 0.15) is 34.9 Å². The minimum Gasteiger partial charge on any atom is -0.381 e. The quantitative estimate of drug-likeness (QED) is 0.929. The molecule has 7 heteroatoms. The fourth-order valence-corrected chi connectivity index (χ4v) is 2.75. The van der Waals surface area contributed by atoms with Crippen LogP contribution in [-0.2, 0) is 11.8 Å². The zero-order chi connectivity index (χ0) is 17.1. The number of nitrogens with zero attached hydrogens (tertiary/aromatic N) is 4. The second kappa shape index (κ2) is 7.00. The van der Waals surface area contributed by atoms with Crippen molar-refractivity contribution in [1.82, 2.24) is 14.8 Å². The Morgan fingerprint density at radius 2 is 2.25 bits per heavy atom. The van der Waals surface area contributed by atoms with Gasteiger partial charge in [-0.15, -0.1) is 0 Å². The molecule has 2 aromatic heterocycles. The maximum absolute atomic E-state index is 12.4. The molecule has 1 N–H and O–H groups in total. The second-order valence-electron chi connectivity index (χ2n) is 6.24. The molecule has 128 valence electrons. The van der Waals surface area contributed by atoms with Crippen molar-refractivity contribution in [3.05, 3.63) is 35.8 Å². The fourth-order valence-electron chi connectivity index (χ4n) is 2.75. The van der Waals surface area contributed by atoms with Crippen molar-refractivity contribution < 1.29 is 9.53 Å². The van der Waals surface area contributed by atoms with Crippen molar-refractivity contribution in [2.45, 2.75) is 18.8 Å². The van der Waals surface area contributed by atoms with Crippen LogP contribution in [0.5, 0.6) is 0 Å². The number of rotatable bonds is 4. The van der Waals surface area contributed by atoms with Gasteiger partial charge in [0, 0.05) is 39.7 Å². The number of aromatic nitrogens is 3. The van der Waals surface area contributed by atoms with Crippen molar-refractivity contribution >= 4 is 17.4 Å². The summed E-state index contributed by atoms with van der Waals surface area (Å²) in [5, 5.41) is 7.39. The number of hydrogen-bond acceptors (Lipinski definition) is 5. The molecule has 3 rings (SSSR count). The lowest BCUT2D eigenvalue weighted by Crippen LogP contribution is -2.16. The molecule has 2 aromatic rings. The number of carbonyl (C=O) groups is 1. The number of anilines is 2. The molecule has 1 saturated heterocycles. The average Bonchev–Trinajstić information content (AvgIpc) is 2.96. The van der Waals surface area contributed by atoms with E-state index in [0.29, 0.717) is 24.0 Å². The number of pyridine rings is 1. The standard InChI is InChI=1S/C17H23N5O2/c1-21(2)13-6-7-14(18-10-13)17(23)19-16-9-15(20-22(16)3)12-5-4-8-24-11-12/h6-7,9-10,12H,4-5,8,11H2,1-3H3,(H,19,23). The molecule has 0 saturated carbocycles. The third kappa shape index (κ3) is 3.56. The third-order valence-electron chi connectivity index (χ3n) is 4.22. The van der Waals surface area contributed by atoms with E-state index in [2.05, 4.69) is 15.4 Å². The molecule has 1 atom stereocenters. The van der Waals surface area contributed by atoms with E-state index in [9.17, 15) is 4.79 Å². The first-order chi connectivity index (χ1) is 11.5. The zero-order valence-electron chi connectivity index (χ0n) is 14.3. The fraction of sp³-hybridized carbons (Fsp3) is 0.471. The summed E-state index contributed by atoms with van der Waals surface area (Å²) >= 11 is 0. The van der Waals surface area contributed by atoms with Gasteiger partial charge in [0.1, 0.15) is 11.5 Å². The molecule has 1 aliphatic rings. The Balaban J connectivity index is 1.70. The zero-order valence-corrected chi connectivity index (χ0v) is 14.3. The molecule has 3 heterocycles. The van der Waals surface area contributed by atoms with E-state index in [1.807, 2.05) is 38.2 Å². The maximum Gasteiger partial charge on any atom is 0.275 e. The minimum atomic E-state index is -0.241. The van der Waals surface area contributed by atoms with Gasteiger partial charge in [-0.05, 0) is 25.0 Å². The van der Waals surface area contributed by atoms with Crippen LogP contribution in [0, 0.1) is 0 Å². The summed E-state index contributed by atoms with van der Waals surface area (Å²) < 4.78 is 7.21. The summed E-state index contributed by atoms with van der Waals surface area (Å²) in [6.07, 6.45) is 3.80. The van der Waals surface area contributed by atoms with Gasteiger partial charge in [0.15, 0.2) is 0 Å². The number of amides is 1. The van der Waals surface area contributed by atoms with Crippen LogP contribution in [0.3, 0.4) is 0 Å². The summed E-state index contributed by atoms with van der Waals surface area (Å²) in [6, 6.07) is 5.51. The Hall–Kier alpha value is -2.41. The summed E-state index contributed by atoms with van der Waals surface area (Å²) in [7, 11) is 5.69. The van der Waals surface area contributed by atoms with E-state index in [0.717, 1.165) is 30.8 Å². The van der Waals surface area contributed by atoms with E-state index in [-0.39, 0.29) is 5.91 Å². The Labute approximate surface area is 141 Å². The summed E-state index contributed by atoms with van der Waals surface area (Å²) in [4.78, 5) is 18.5. The molecule has 24 heavy (non-hydrogen) atoms. The van der Waals surface area contributed by atoms with Crippen LogP contribution >= 0.6 is 0 Å². The Kier molecular flexibility index (Phi) is 4.80. The largest absolute Gasteiger partial charge is 0.381 e. The predicted molar refractivity (Wildman–Crippen MR) is 92.5 cm³/mol. The highest BCUT2D eigenvalue weighted by molar-refractivity contribution is 6.02. The van der Waals surface area contributed by atoms with Crippen LogP contribution in [0.4, 0.5) is 11.5 Å². The van der Waals surface area contributed by atoms with Crippen LogP contribution in [0.15, 0.2) is 24.4 Å². The van der Waals surface area contributed by atoms with Gasteiger partial charge < -0.3 is 15.0 Å². The molecule has 0 spiro atoms. The van der Waals surface area contributed by atoms with Crippen LogP contribution < -0.4 is 10.2 Å². The van der Waals surface area contributed by atoms with Gasteiger partial charge >= 0.3 is 0 Å². The summed E-state index contributed by atoms with van der Waals surface area (Å²) in [5.41, 5.74) is 2.29. The van der Waals surface area contributed by atoms with Crippen LogP contribution in [0.2, 0.25) is 0 Å². The van der Waals surface area contributed by atoms with Crippen LogP contribution in [-0.4, -0.2) is 48.0 Å². The molecule has 0 bridgehead atoms. The molecule has 7 nitrogen and oxygen atoms in total. The average molecular weight is 329 g/mol. The molecule has 0 aliphatic carbocycles. The number of hydrogen-bond donors (Lipinski definition) is 1. The van der Waals surface area contributed by atoms with Gasteiger partial charge in [-0.2, -0.15) is 5.10 Å². The molecular weight excluding hydrogens is 306 g/mol. The number of carbonyl (C=O) groups excluding carboxylic acids is 1. The van der Waals surface area contributed by atoms with Crippen molar-refractivity contribution in [3.63, 3.8) is 0 Å². The molecule has 0 aromatic carbocycles. The van der Waals surface area contributed by atoms with Gasteiger partial charge in [0.25, 0.3) is 5.91 Å². The SMILES string of the molecule is CN(C)c1ccc(C(=O)Nc2cc(C3CCCOC3)nn2C)nc1. The maximum atomic E-state index is 12.4. The molecule has 1 unspecified atom stereocenters. The first kappa shape index (κ1) is 16.4. The normalized spacial score (nSPS) is 17.5. The Bertz CT molecular complexity index is 702. The van der Waals surface area contributed by atoms with Crippen molar-refractivity contribution in [2.75, 3.05) is 37.5 Å². The first-order valence-electron chi connectivity index (χ1n) is 8.11. The highest BCUT2D eigenvalue weighted by atomic mass is 16.5. The van der Waals surface area contributed by atoms with E-state index in [1.165, 1.54) is 0 Å². The third-order valence-corrected chi connectivity index (χ3v) is 4.22. The Morgan fingerprint density at radius 1 is 1.42 bits per heavy atom. The van der Waals surface area contributed by atoms with E-state index < -0.39 is 0 Å². The van der Waals surface area contributed by atoms with Crippen molar-refractivity contribution in [1.29, 1.82) is 0 Å². The van der Waals surface area contributed by atoms with E-state index in [4.69, 9.17) is 4.74 Å². The molecular formula is C17H23N5O2. The molecule has 0 radical (unpaired) electrons. The number of ether oxygens (including phenoxy) is 1. The smallest absolute Gasteiger partial charge is 0.275 e. The van der Waals surface area contributed by atoms with Crippen molar-refractivity contribution in [2.24, 2.45) is 7.05 Å². The molecule has 1 fully saturated rings. The number of aryl methyl sites for hydroxylation is 1. The van der Waals surface area contributed by atoms with Gasteiger partial charge in [-0.25, -0.2) is 4.98 Å².